The highest BCUT2D eigenvalue weighted by Crippen LogP contribution is 2.19. The fraction of sp³-hybridized carbons (Fsp3) is 0.462. The van der Waals surface area contributed by atoms with Crippen molar-refractivity contribution < 1.29 is 4.74 Å². The zero-order valence-electron chi connectivity index (χ0n) is 10.1. The number of ether oxygens (including phenoxy) is 1. The van der Waals surface area contributed by atoms with Crippen molar-refractivity contribution in [2.75, 3.05) is 18.5 Å². The number of hydrogen-bond acceptors (Lipinski definition) is 3. The van der Waals surface area contributed by atoms with Crippen molar-refractivity contribution in [1.29, 1.82) is 5.26 Å². The van der Waals surface area contributed by atoms with Crippen LogP contribution in [0.25, 0.3) is 0 Å². The predicted molar refractivity (Wildman–Crippen MR) is 65.7 cm³/mol. The van der Waals surface area contributed by atoms with E-state index in [2.05, 4.69) is 11.0 Å². The maximum absolute atomic E-state index is 8.51. The van der Waals surface area contributed by atoms with E-state index in [0.717, 1.165) is 18.0 Å². The van der Waals surface area contributed by atoms with Crippen LogP contribution in [0.15, 0.2) is 24.3 Å². The highest BCUT2D eigenvalue weighted by molar-refractivity contribution is 5.48. The molecule has 0 bridgehead atoms. The summed E-state index contributed by atoms with van der Waals surface area (Å²) in [7, 11) is 1.98. The van der Waals surface area contributed by atoms with E-state index in [9.17, 15) is 0 Å². The number of rotatable bonds is 5. The van der Waals surface area contributed by atoms with Crippen LogP contribution in [0.3, 0.4) is 0 Å². The van der Waals surface area contributed by atoms with Crippen molar-refractivity contribution in [3.63, 3.8) is 0 Å². The van der Waals surface area contributed by atoms with Gasteiger partial charge >= 0.3 is 0 Å². The van der Waals surface area contributed by atoms with Crippen molar-refractivity contribution in [1.82, 2.24) is 0 Å². The minimum atomic E-state index is 0.196. The van der Waals surface area contributed by atoms with Gasteiger partial charge in [0.15, 0.2) is 0 Å². The molecule has 0 unspecified atom stereocenters. The van der Waals surface area contributed by atoms with E-state index in [1.165, 1.54) is 0 Å². The summed E-state index contributed by atoms with van der Waals surface area (Å²) >= 11 is 0. The molecule has 0 aliphatic carbocycles. The Bertz CT molecular complexity index is 351. The van der Waals surface area contributed by atoms with Crippen LogP contribution >= 0.6 is 0 Å². The number of nitriles is 1. The SMILES string of the molecule is CC(C)Oc1ccc(N(C)CCC#N)cc1. The van der Waals surface area contributed by atoms with Crippen LogP contribution in [0, 0.1) is 11.3 Å². The summed E-state index contributed by atoms with van der Waals surface area (Å²) in [4.78, 5) is 2.06. The third-order valence-electron chi connectivity index (χ3n) is 2.21. The van der Waals surface area contributed by atoms with Crippen molar-refractivity contribution >= 4 is 5.69 Å². The van der Waals surface area contributed by atoms with Crippen LogP contribution in [-0.4, -0.2) is 19.7 Å². The highest BCUT2D eigenvalue weighted by atomic mass is 16.5. The second-order valence-corrected chi connectivity index (χ2v) is 3.99. The normalized spacial score (nSPS) is 9.94. The lowest BCUT2D eigenvalue weighted by Gasteiger charge is -2.18. The van der Waals surface area contributed by atoms with Gasteiger partial charge in [0.1, 0.15) is 5.75 Å². The Hall–Kier alpha value is -1.69. The quantitative estimate of drug-likeness (QED) is 0.762. The number of anilines is 1. The predicted octanol–water partition coefficient (Wildman–Crippen LogP) is 2.82. The number of hydrogen-bond donors (Lipinski definition) is 0. The van der Waals surface area contributed by atoms with E-state index in [0.29, 0.717) is 6.42 Å². The van der Waals surface area contributed by atoms with Crippen LogP contribution < -0.4 is 9.64 Å². The smallest absolute Gasteiger partial charge is 0.119 e. The van der Waals surface area contributed by atoms with Crippen molar-refractivity contribution in [2.45, 2.75) is 26.4 Å². The fourth-order valence-electron chi connectivity index (χ4n) is 1.40. The summed E-state index contributed by atoms with van der Waals surface area (Å²) in [6.07, 6.45) is 0.739. The first-order chi connectivity index (χ1) is 7.63. The number of nitrogens with zero attached hydrogens (tertiary/aromatic N) is 2. The Morgan fingerprint density at radius 3 is 2.44 bits per heavy atom. The van der Waals surface area contributed by atoms with Crippen LogP contribution in [0.4, 0.5) is 5.69 Å². The highest BCUT2D eigenvalue weighted by Gasteiger charge is 2.01. The summed E-state index contributed by atoms with van der Waals surface area (Å²) in [6.45, 7) is 4.76. The van der Waals surface area contributed by atoms with Gasteiger partial charge < -0.3 is 9.64 Å². The monoisotopic (exact) mass is 218 g/mol. The van der Waals surface area contributed by atoms with Crippen molar-refractivity contribution in [2.24, 2.45) is 0 Å². The molecular weight excluding hydrogens is 200 g/mol. The summed E-state index contributed by atoms with van der Waals surface area (Å²) in [6, 6.07) is 10.1. The fourth-order valence-corrected chi connectivity index (χ4v) is 1.40. The molecule has 0 radical (unpaired) electrons. The van der Waals surface area contributed by atoms with Gasteiger partial charge in [0.05, 0.1) is 18.6 Å². The molecule has 1 aromatic rings. The molecule has 0 fully saturated rings. The summed E-state index contributed by atoms with van der Waals surface area (Å²) in [5.74, 6) is 0.882. The minimum absolute atomic E-state index is 0.196. The van der Waals surface area contributed by atoms with Gasteiger partial charge in [-0.3, -0.25) is 0 Å². The lowest BCUT2D eigenvalue weighted by Crippen LogP contribution is -2.17. The van der Waals surface area contributed by atoms with Crippen LogP contribution in [0.5, 0.6) is 5.75 Å². The minimum Gasteiger partial charge on any atom is -0.491 e. The molecule has 0 spiro atoms. The molecule has 0 heterocycles. The van der Waals surface area contributed by atoms with Gasteiger partial charge in [0.25, 0.3) is 0 Å². The third-order valence-corrected chi connectivity index (χ3v) is 2.21. The Balaban J connectivity index is 2.60. The van der Waals surface area contributed by atoms with Gasteiger partial charge in [-0.05, 0) is 38.1 Å². The topological polar surface area (TPSA) is 36.3 Å². The van der Waals surface area contributed by atoms with Gasteiger partial charge in [0, 0.05) is 19.3 Å². The molecule has 1 rings (SSSR count). The van der Waals surface area contributed by atoms with E-state index in [-0.39, 0.29) is 6.10 Å². The van der Waals surface area contributed by atoms with Gasteiger partial charge in [-0.15, -0.1) is 0 Å². The molecular formula is C13H18N2O. The number of benzene rings is 1. The van der Waals surface area contributed by atoms with Crippen LogP contribution in [-0.2, 0) is 0 Å². The third kappa shape index (κ3) is 3.82. The first-order valence-corrected chi connectivity index (χ1v) is 5.48. The second kappa shape index (κ2) is 6.02. The molecule has 0 atom stereocenters. The molecule has 3 heteroatoms. The largest absolute Gasteiger partial charge is 0.491 e. The molecule has 0 amide bonds. The summed E-state index contributed by atoms with van der Waals surface area (Å²) in [5.41, 5.74) is 1.10. The Morgan fingerprint density at radius 2 is 1.94 bits per heavy atom. The van der Waals surface area contributed by atoms with E-state index in [4.69, 9.17) is 10.00 Å². The molecule has 0 aromatic heterocycles. The molecule has 0 aliphatic rings. The first kappa shape index (κ1) is 12.4. The van der Waals surface area contributed by atoms with E-state index in [1.54, 1.807) is 0 Å². The standard InChI is InChI=1S/C13H18N2O/c1-11(2)16-13-7-5-12(6-8-13)15(3)10-4-9-14/h5-8,11H,4,10H2,1-3H3. The van der Waals surface area contributed by atoms with Crippen LogP contribution in [0.2, 0.25) is 0 Å². The van der Waals surface area contributed by atoms with E-state index in [1.807, 2.05) is 45.2 Å². The Labute approximate surface area is 97.3 Å². The lowest BCUT2D eigenvalue weighted by atomic mass is 10.2. The second-order valence-electron chi connectivity index (χ2n) is 3.99. The average molecular weight is 218 g/mol. The average Bonchev–Trinajstić information content (AvgIpc) is 2.26. The lowest BCUT2D eigenvalue weighted by molar-refractivity contribution is 0.242. The van der Waals surface area contributed by atoms with Gasteiger partial charge in [0.2, 0.25) is 0 Å². The van der Waals surface area contributed by atoms with Gasteiger partial charge in [-0.2, -0.15) is 5.26 Å². The molecule has 86 valence electrons. The van der Waals surface area contributed by atoms with E-state index >= 15 is 0 Å². The maximum atomic E-state index is 8.51. The van der Waals surface area contributed by atoms with E-state index < -0.39 is 0 Å². The zero-order chi connectivity index (χ0) is 12.0. The molecule has 3 nitrogen and oxygen atoms in total. The van der Waals surface area contributed by atoms with Crippen LogP contribution in [0.1, 0.15) is 20.3 Å². The summed E-state index contributed by atoms with van der Waals surface area (Å²) in [5, 5.41) is 8.51. The van der Waals surface area contributed by atoms with Gasteiger partial charge in [-0.1, -0.05) is 0 Å². The molecule has 0 saturated carbocycles. The maximum Gasteiger partial charge on any atom is 0.119 e. The summed E-state index contributed by atoms with van der Waals surface area (Å²) < 4.78 is 5.56. The molecule has 1 aromatic carbocycles. The molecule has 0 aliphatic heterocycles. The molecule has 0 N–H and O–H groups in total. The van der Waals surface area contributed by atoms with Crippen molar-refractivity contribution in [3.8, 4) is 11.8 Å². The Kier molecular flexibility index (Phi) is 4.65. The molecule has 0 saturated heterocycles. The Morgan fingerprint density at radius 1 is 1.31 bits per heavy atom. The van der Waals surface area contributed by atoms with Gasteiger partial charge in [-0.25, -0.2) is 0 Å². The van der Waals surface area contributed by atoms with Crippen molar-refractivity contribution in [3.05, 3.63) is 24.3 Å². The first-order valence-electron chi connectivity index (χ1n) is 5.48. The zero-order valence-corrected chi connectivity index (χ0v) is 10.1. The molecule has 16 heavy (non-hydrogen) atoms.